The van der Waals surface area contributed by atoms with E-state index in [1.54, 1.807) is 12.1 Å². The molecule has 1 aromatic rings. The van der Waals surface area contributed by atoms with Crippen LogP contribution in [0.1, 0.15) is 24.3 Å². The Labute approximate surface area is 109 Å². The van der Waals surface area contributed by atoms with E-state index in [1.807, 2.05) is 0 Å². The van der Waals surface area contributed by atoms with Crippen LogP contribution in [0, 0.1) is 5.82 Å². The van der Waals surface area contributed by atoms with Gasteiger partial charge in [-0.05, 0) is 36.5 Å². The van der Waals surface area contributed by atoms with E-state index < -0.39 is 24.0 Å². The Hall–Kier alpha value is -1.95. The lowest BCUT2D eigenvalue weighted by Crippen LogP contribution is -2.52. The van der Waals surface area contributed by atoms with Gasteiger partial charge in [-0.25, -0.2) is 4.39 Å². The van der Waals surface area contributed by atoms with Gasteiger partial charge in [-0.2, -0.15) is 0 Å². The van der Waals surface area contributed by atoms with Crippen molar-refractivity contribution in [2.24, 2.45) is 0 Å². The molecule has 1 aliphatic rings. The summed E-state index contributed by atoms with van der Waals surface area (Å²) in [6, 6.07) is 3.94. The van der Waals surface area contributed by atoms with Crippen molar-refractivity contribution in [3.05, 3.63) is 35.6 Å². The first-order valence-corrected chi connectivity index (χ1v) is 5.94. The van der Waals surface area contributed by atoms with Gasteiger partial charge in [-0.1, -0.05) is 12.1 Å². The van der Waals surface area contributed by atoms with Gasteiger partial charge in [0.25, 0.3) is 0 Å². The lowest BCUT2D eigenvalue weighted by atomic mass is 9.83. The third-order valence-electron chi connectivity index (χ3n) is 3.38. The average molecular weight is 267 g/mol. The molecule has 1 aliphatic heterocycles. The number of hydrogen-bond acceptors (Lipinski definition) is 3. The van der Waals surface area contributed by atoms with Gasteiger partial charge in [-0.3, -0.25) is 14.9 Å². The normalized spacial score (nSPS) is 26.9. The Morgan fingerprint density at radius 2 is 1.53 bits per heavy atom. The zero-order chi connectivity index (χ0) is 14.0. The van der Waals surface area contributed by atoms with Crippen molar-refractivity contribution in [3.8, 4) is 0 Å². The van der Waals surface area contributed by atoms with E-state index in [0.29, 0.717) is 12.8 Å². The number of hydrogen-bond donors (Lipinski definition) is 3. The van der Waals surface area contributed by atoms with E-state index in [-0.39, 0.29) is 11.7 Å². The Kier molecular flexibility index (Phi) is 3.80. The largest absolute Gasteiger partial charge is 0.480 e. The summed E-state index contributed by atoms with van der Waals surface area (Å²) in [7, 11) is 0. The highest BCUT2D eigenvalue weighted by Gasteiger charge is 2.36. The highest BCUT2D eigenvalue weighted by molar-refractivity contribution is 5.78. The van der Waals surface area contributed by atoms with Crippen LogP contribution in [0.4, 0.5) is 4.39 Å². The van der Waals surface area contributed by atoms with Crippen molar-refractivity contribution in [2.45, 2.75) is 30.8 Å². The van der Waals surface area contributed by atoms with Gasteiger partial charge in [0.1, 0.15) is 17.9 Å². The third-order valence-corrected chi connectivity index (χ3v) is 3.38. The van der Waals surface area contributed by atoms with Gasteiger partial charge in [0.15, 0.2) is 0 Å². The van der Waals surface area contributed by atoms with Crippen molar-refractivity contribution in [3.63, 3.8) is 0 Å². The summed E-state index contributed by atoms with van der Waals surface area (Å²) in [4.78, 5) is 22.1. The zero-order valence-corrected chi connectivity index (χ0v) is 10.0. The molecule has 1 aromatic carbocycles. The molecule has 1 saturated heterocycles. The Bertz CT molecular complexity index is 466. The van der Waals surface area contributed by atoms with Crippen LogP contribution >= 0.6 is 0 Å². The van der Waals surface area contributed by atoms with Gasteiger partial charge < -0.3 is 10.2 Å². The number of aliphatic carboxylic acids is 2. The Morgan fingerprint density at radius 3 is 1.95 bits per heavy atom. The molecule has 6 heteroatoms. The van der Waals surface area contributed by atoms with Crippen LogP contribution < -0.4 is 5.32 Å². The van der Waals surface area contributed by atoms with Gasteiger partial charge in [-0.15, -0.1) is 0 Å². The van der Waals surface area contributed by atoms with Gasteiger partial charge in [0.2, 0.25) is 0 Å². The minimum atomic E-state index is -1.07. The first-order valence-electron chi connectivity index (χ1n) is 5.94. The number of nitrogens with one attached hydrogen (secondary N) is 1. The molecule has 1 fully saturated rings. The monoisotopic (exact) mass is 267 g/mol. The van der Waals surface area contributed by atoms with Crippen LogP contribution in [0.15, 0.2) is 24.3 Å². The summed E-state index contributed by atoms with van der Waals surface area (Å²) < 4.78 is 12.9. The SMILES string of the molecule is O=C(O)C1CC(c2ccc(F)cc2)CC(C(=O)O)N1. The summed E-state index contributed by atoms with van der Waals surface area (Å²) in [6.07, 6.45) is 0.593. The standard InChI is InChI=1S/C13H14FNO4/c14-9-3-1-7(2-4-9)8-5-10(12(16)17)15-11(6-8)13(18)19/h1-4,8,10-11,15H,5-6H2,(H,16,17)(H,18,19). The fourth-order valence-electron chi connectivity index (χ4n) is 2.40. The van der Waals surface area contributed by atoms with Crippen LogP contribution in [0.5, 0.6) is 0 Å². The molecule has 2 unspecified atom stereocenters. The third kappa shape index (κ3) is 3.08. The molecule has 0 spiro atoms. The number of benzene rings is 1. The van der Waals surface area contributed by atoms with Crippen LogP contribution in [0.3, 0.4) is 0 Å². The van der Waals surface area contributed by atoms with E-state index in [0.717, 1.165) is 5.56 Å². The predicted octanol–water partition coefficient (Wildman–Crippen LogP) is 1.20. The van der Waals surface area contributed by atoms with E-state index in [1.165, 1.54) is 12.1 Å². The van der Waals surface area contributed by atoms with Crippen molar-refractivity contribution in [1.29, 1.82) is 0 Å². The van der Waals surface area contributed by atoms with Crippen LogP contribution in [0.2, 0.25) is 0 Å². The number of carbonyl (C=O) groups is 2. The highest BCUT2D eigenvalue weighted by Crippen LogP contribution is 2.30. The van der Waals surface area contributed by atoms with Crippen LogP contribution in [0.25, 0.3) is 0 Å². The van der Waals surface area contributed by atoms with E-state index in [4.69, 9.17) is 10.2 Å². The first kappa shape index (κ1) is 13.5. The molecule has 0 amide bonds. The van der Waals surface area contributed by atoms with E-state index in [9.17, 15) is 14.0 Å². The molecule has 0 aliphatic carbocycles. The van der Waals surface area contributed by atoms with Crippen molar-refractivity contribution in [2.75, 3.05) is 0 Å². The smallest absolute Gasteiger partial charge is 0.320 e. The number of rotatable bonds is 3. The number of carboxylic acids is 2. The maximum absolute atomic E-state index is 12.9. The molecule has 1 heterocycles. The minimum Gasteiger partial charge on any atom is -0.480 e. The molecule has 19 heavy (non-hydrogen) atoms. The quantitative estimate of drug-likeness (QED) is 0.766. The predicted molar refractivity (Wildman–Crippen MR) is 64.4 cm³/mol. The second-order valence-corrected chi connectivity index (χ2v) is 4.67. The summed E-state index contributed by atoms with van der Waals surface area (Å²) in [5, 5.41) is 20.7. The summed E-state index contributed by atoms with van der Waals surface area (Å²) in [5.74, 6) is -2.72. The molecule has 0 radical (unpaired) electrons. The molecule has 5 nitrogen and oxygen atoms in total. The van der Waals surface area contributed by atoms with E-state index in [2.05, 4.69) is 5.32 Å². The lowest BCUT2D eigenvalue weighted by molar-refractivity contribution is -0.144. The van der Waals surface area contributed by atoms with Gasteiger partial charge >= 0.3 is 11.9 Å². The molecule has 102 valence electrons. The molecule has 3 N–H and O–H groups in total. The Balaban J connectivity index is 2.21. The highest BCUT2D eigenvalue weighted by atomic mass is 19.1. The fourth-order valence-corrected chi connectivity index (χ4v) is 2.40. The minimum absolute atomic E-state index is 0.205. The van der Waals surface area contributed by atoms with Crippen molar-refractivity contribution >= 4 is 11.9 Å². The van der Waals surface area contributed by atoms with Gasteiger partial charge in [0.05, 0.1) is 0 Å². The number of piperidine rings is 1. The fraction of sp³-hybridized carbons (Fsp3) is 0.385. The number of halogens is 1. The van der Waals surface area contributed by atoms with E-state index >= 15 is 0 Å². The van der Waals surface area contributed by atoms with Gasteiger partial charge in [0, 0.05) is 0 Å². The maximum atomic E-state index is 12.9. The molecular weight excluding hydrogens is 253 g/mol. The molecule has 0 saturated carbocycles. The molecule has 0 bridgehead atoms. The molecular formula is C13H14FNO4. The zero-order valence-electron chi connectivity index (χ0n) is 10.0. The summed E-state index contributed by atoms with van der Waals surface area (Å²) in [6.45, 7) is 0. The topological polar surface area (TPSA) is 86.6 Å². The average Bonchev–Trinajstić information content (AvgIpc) is 2.39. The van der Waals surface area contributed by atoms with Crippen molar-refractivity contribution in [1.82, 2.24) is 5.32 Å². The lowest BCUT2D eigenvalue weighted by Gasteiger charge is -2.32. The Morgan fingerprint density at radius 1 is 1.05 bits per heavy atom. The van der Waals surface area contributed by atoms with Crippen LogP contribution in [-0.2, 0) is 9.59 Å². The molecule has 2 rings (SSSR count). The second-order valence-electron chi connectivity index (χ2n) is 4.67. The first-order chi connectivity index (χ1) is 8.97. The maximum Gasteiger partial charge on any atom is 0.320 e. The molecule has 2 atom stereocenters. The number of carboxylic acid groups (broad SMARTS) is 2. The van der Waals surface area contributed by atoms with Crippen molar-refractivity contribution < 1.29 is 24.2 Å². The summed E-state index contributed by atoms with van der Waals surface area (Å²) >= 11 is 0. The summed E-state index contributed by atoms with van der Waals surface area (Å²) in [5.41, 5.74) is 0.764. The second kappa shape index (κ2) is 5.36. The van der Waals surface area contributed by atoms with Crippen LogP contribution in [-0.4, -0.2) is 34.2 Å². The molecule has 0 aromatic heterocycles.